The van der Waals surface area contributed by atoms with Gasteiger partial charge in [0.25, 0.3) is 0 Å². The molecule has 6 nitrogen and oxygen atoms in total. The van der Waals surface area contributed by atoms with Crippen LogP contribution in [0, 0.1) is 5.82 Å². The molecule has 2 aromatic heterocycles. The van der Waals surface area contributed by atoms with Crippen LogP contribution >= 0.6 is 11.6 Å². The maximum atomic E-state index is 14.0. The van der Waals surface area contributed by atoms with Gasteiger partial charge in [0.05, 0.1) is 28.2 Å². The van der Waals surface area contributed by atoms with Crippen molar-refractivity contribution in [1.82, 2.24) is 14.5 Å². The lowest BCUT2D eigenvalue weighted by atomic mass is 10.1. The highest BCUT2D eigenvalue weighted by molar-refractivity contribution is 6.32. The molecule has 3 aromatic rings. The zero-order valence-corrected chi connectivity index (χ0v) is 17.4. The molecule has 1 aliphatic rings. The van der Waals surface area contributed by atoms with Crippen LogP contribution in [0.4, 0.5) is 35.0 Å². The minimum absolute atomic E-state index is 0.309. The third-order valence-corrected chi connectivity index (χ3v) is 5.22. The van der Waals surface area contributed by atoms with Crippen LogP contribution in [0.1, 0.15) is 18.2 Å². The molecular formula is C21H17ClF4N6. The van der Waals surface area contributed by atoms with E-state index >= 15 is 0 Å². The average Bonchev–Trinajstić information content (AvgIpc) is 3.08. The Morgan fingerprint density at radius 1 is 1.25 bits per heavy atom. The zero-order chi connectivity index (χ0) is 23.2. The Kier molecular flexibility index (Phi) is 5.33. The molecule has 11 heteroatoms. The molecular weight excluding hydrogens is 448 g/mol. The lowest BCUT2D eigenvalue weighted by Gasteiger charge is -2.36. The molecule has 1 aliphatic heterocycles. The average molecular weight is 465 g/mol. The van der Waals surface area contributed by atoms with Crippen molar-refractivity contribution in [1.29, 1.82) is 0 Å². The van der Waals surface area contributed by atoms with Crippen molar-refractivity contribution >= 4 is 41.0 Å². The fourth-order valence-electron chi connectivity index (χ4n) is 3.50. The van der Waals surface area contributed by atoms with Crippen LogP contribution in [0.15, 0.2) is 55.0 Å². The summed E-state index contributed by atoms with van der Waals surface area (Å²) in [7, 11) is 0. The first-order valence-electron chi connectivity index (χ1n) is 9.35. The molecule has 1 unspecified atom stereocenters. The molecule has 32 heavy (non-hydrogen) atoms. The molecule has 0 aliphatic carbocycles. The number of nitrogens with zero attached hydrogens (tertiary/aromatic N) is 4. The Bertz CT molecular complexity index is 1230. The van der Waals surface area contributed by atoms with Crippen LogP contribution in [0.2, 0.25) is 5.02 Å². The van der Waals surface area contributed by atoms with Crippen molar-refractivity contribution in [3.8, 4) is 0 Å². The van der Waals surface area contributed by atoms with Crippen molar-refractivity contribution in [2.75, 3.05) is 16.0 Å². The number of rotatable bonds is 4. The summed E-state index contributed by atoms with van der Waals surface area (Å²) in [6.07, 6.45) is -0.692. The Labute approximate surface area is 185 Å². The molecule has 3 heterocycles. The third kappa shape index (κ3) is 3.89. The fourth-order valence-corrected chi connectivity index (χ4v) is 3.76. The molecule has 0 bridgehead atoms. The van der Waals surface area contributed by atoms with Gasteiger partial charge in [0.15, 0.2) is 0 Å². The van der Waals surface area contributed by atoms with Crippen molar-refractivity contribution in [3.63, 3.8) is 0 Å². The highest BCUT2D eigenvalue weighted by Crippen LogP contribution is 2.40. The van der Waals surface area contributed by atoms with Gasteiger partial charge in [-0.1, -0.05) is 24.2 Å². The number of benzene rings is 1. The van der Waals surface area contributed by atoms with Crippen LogP contribution in [-0.2, 0) is 6.18 Å². The summed E-state index contributed by atoms with van der Waals surface area (Å²) in [4.78, 5) is 8.81. The van der Waals surface area contributed by atoms with Gasteiger partial charge in [-0.05, 0) is 31.2 Å². The number of nitrogen functional groups attached to an aromatic ring is 1. The van der Waals surface area contributed by atoms with E-state index in [2.05, 4.69) is 21.9 Å². The first-order chi connectivity index (χ1) is 15.1. The Morgan fingerprint density at radius 3 is 2.69 bits per heavy atom. The second-order valence-electron chi connectivity index (χ2n) is 7.09. The van der Waals surface area contributed by atoms with Gasteiger partial charge in [0, 0.05) is 24.3 Å². The highest BCUT2D eigenvalue weighted by Gasteiger charge is 2.36. The summed E-state index contributed by atoms with van der Waals surface area (Å²) in [5.74, 6) is -1.26. The van der Waals surface area contributed by atoms with E-state index in [1.165, 1.54) is 18.2 Å². The van der Waals surface area contributed by atoms with Crippen LogP contribution in [0.3, 0.4) is 0 Å². The number of hydrogen-bond acceptors (Lipinski definition) is 5. The third-order valence-electron chi connectivity index (χ3n) is 4.91. The standard InChI is InChI=1S/C21H17ClF4N6/c1-11(29-19-15(21(24,25)26)9-28-20(27)30-19)17-10-31-7-6-16(22)18(31)12(2)32(17)14-5-3-4-13(23)8-14/h3-11H,2H2,1H3,(H3,27,28,29,30). The number of nitrogens with one attached hydrogen (secondary N) is 1. The number of alkyl halides is 3. The summed E-state index contributed by atoms with van der Waals surface area (Å²) in [5, 5.41) is 3.18. The molecule has 1 atom stereocenters. The van der Waals surface area contributed by atoms with Gasteiger partial charge in [-0.15, -0.1) is 0 Å². The Hall–Kier alpha value is -3.53. The van der Waals surface area contributed by atoms with Gasteiger partial charge in [-0.25, -0.2) is 9.37 Å². The number of fused-ring (bicyclic) bond motifs is 1. The number of aromatic nitrogens is 3. The summed E-state index contributed by atoms with van der Waals surface area (Å²) >= 11 is 6.30. The predicted octanol–water partition coefficient (Wildman–Crippen LogP) is 5.46. The van der Waals surface area contributed by atoms with E-state index < -0.39 is 29.4 Å². The Morgan fingerprint density at radius 2 is 2.00 bits per heavy atom. The van der Waals surface area contributed by atoms with Crippen molar-refractivity contribution in [2.45, 2.75) is 19.1 Å². The van der Waals surface area contributed by atoms with Crippen LogP contribution in [0.25, 0.3) is 11.9 Å². The van der Waals surface area contributed by atoms with Crippen LogP contribution in [-0.4, -0.2) is 20.6 Å². The predicted molar refractivity (Wildman–Crippen MR) is 116 cm³/mol. The molecule has 0 amide bonds. The van der Waals surface area contributed by atoms with Gasteiger partial charge in [0.2, 0.25) is 5.95 Å². The minimum Gasteiger partial charge on any atom is -0.368 e. The van der Waals surface area contributed by atoms with E-state index in [0.29, 0.717) is 34.0 Å². The molecule has 0 spiro atoms. The zero-order valence-electron chi connectivity index (χ0n) is 16.7. The van der Waals surface area contributed by atoms with E-state index in [1.807, 2.05) is 0 Å². The van der Waals surface area contributed by atoms with Gasteiger partial charge in [0.1, 0.15) is 17.2 Å². The maximum Gasteiger partial charge on any atom is 0.421 e. The van der Waals surface area contributed by atoms with Gasteiger partial charge in [-0.3, -0.25) is 0 Å². The van der Waals surface area contributed by atoms with Crippen molar-refractivity contribution in [2.24, 2.45) is 0 Å². The van der Waals surface area contributed by atoms with Crippen molar-refractivity contribution in [3.05, 3.63) is 77.1 Å². The first kappa shape index (κ1) is 21.7. The Balaban J connectivity index is 1.80. The molecule has 0 radical (unpaired) electrons. The smallest absolute Gasteiger partial charge is 0.368 e. The molecule has 4 rings (SSSR count). The van der Waals surface area contributed by atoms with E-state index in [4.69, 9.17) is 17.3 Å². The lowest BCUT2D eigenvalue weighted by molar-refractivity contribution is -0.137. The van der Waals surface area contributed by atoms with E-state index in [9.17, 15) is 17.6 Å². The van der Waals surface area contributed by atoms with Gasteiger partial charge < -0.3 is 20.5 Å². The second kappa shape index (κ2) is 7.86. The molecule has 0 fully saturated rings. The number of nitrogens with two attached hydrogens (primary N) is 1. The molecule has 166 valence electrons. The summed E-state index contributed by atoms with van der Waals surface area (Å²) in [6, 6.07) is 6.69. The topological polar surface area (TPSA) is 72.0 Å². The molecule has 1 aromatic carbocycles. The highest BCUT2D eigenvalue weighted by atomic mass is 35.5. The monoisotopic (exact) mass is 464 g/mol. The van der Waals surface area contributed by atoms with Crippen molar-refractivity contribution < 1.29 is 17.6 Å². The fraction of sp³-hybridized carbons (Fsp3) is 0.143. The normalized spacial score (nSPS) is 14.8. The van der Waals surface area contributed by atoms with Gasteiger partial charge in [-0.2, -0.15) is 18.2 Å². The SMILES string of the molecule is C=C1c2c(Cl)ccn2C=C(C(C)Nc2nc(N)ncc2C(F)(F)F)N1c1cccc(F)c1. The summed E-state index contributed by atoms with van der Waals surface area (Å²) < 4.78 is 56.1. The molecule has 3 N–H and O–H groups in total. The summed E-state index contributed by atoms with van der Waals surface area (Å²) in [5.41, 5.74) is 6.37. The number of hydrogen-bond donors (Lipinski definition) is 2. The largest absolute Gasteiger partial charge is 0.421 e. The van der Waals surface area contributed by atoms with Crippen LogP contribution < -0.4 is 16.0 Å². The maximum absolute atomic E-state index is 14.0. The van der Waals surface area contributed by atoms with Crippen LogP contribution in [0.5, 0.6) is 0 Å². The second-order valence-corrected chi connectivity index (χ2v) is 7.50. The first-order valence-corrected chi connectivity index (χ1v) is 9.73. The molecule has 0 saturated carbocycles. The number of anilines is 3. The lowest BCUT2D eigenvalue weighted by Crippen LogP contribution is -2.35. The van der Waals surface area contributed by atoms with Gasteiger partial charge >= 0.3 is 6.18 Å². The van der Waals surface area contributed by atoms with E-state index in [0.717, 1.165) is 0 Å². The van der Waals surface area contributed by atoms with E-state index in [1.54, 1.807) is 40.9 Å². The summed E-state index contributed by atoms with van der Waals surface area (Å²) in [6.45, 7) is 5.73. The quantitative estimate of drug-likeness (QED) is 0.501. The van der Waals surface area contributed by atoms with E-state index in [-0.39, 0.29) is 5.95 Å². The molecule has 0 saturated heterocycles. The minimum atomic E-state index is -4.69. The number of halogens is 5.